The summed E-state index contributed by atoms with van der Waals surface area (Å²) in [5.74, 6) is -0.469. The molecule has 0 bridgehead atoms. The molecule has 0 fully saturated rings. The van der Waals surface area contributed by atoms with Crippen LogP contribution in [0.1, 0.15) is 13.8 Å². The van der Waals surface area contributed by atoms with Crippen molar-refractivity contribution in [2.75, 3.05) is 0 Å². The summed E-state index contributed by atoms with van der Waals surface area (Å²) < 4.78 is 10.5. The van der Waals surface area contributed by atoms with Gasteiger partial charge in [-0.3, -0.25) is 0 Å². The zero-order chi connectivity index (χ0) is 11.0. The van der Waals surface area contributed by atoms with E-state index >= 15 is 0 Å². The van der Waals surface area contributed by atoms with Gasteiger partial charge in [0.25, 0.3) is 0 Å². The number of ketones is 1. The molecule has 0 saturated carbocycles. The van der Waals surface area contributed by atoms with Gasteiger partial charge in [0.05, 0.1) is 0 Å². The van der Waals surface area contributed by atoms with Crippen molar-refractivity contribution in [3.8, 4) is 0 Å². The van der Waals surface area contributed by atoms with Crippen molar-refractivity contribution >= 4 is 17.7 Å². The summed E-state index contributed by atoms with van der Waals surface area (Å²) >= 11 is -3.46. The van der Waals surface area contributed by atoms with Gasteiger partial charge in [0.1, 0.15) is 0 Å². The van der Waals surface area contributed by atoms with Gasteiger partial charge in [-0.2, -0.15) is 0 Å². The van der Waals surface area contributed by atoms with Crippen molar-refractivity contribution in [1.29, 1.82) is 0 Å². The molecule has 14 heavy (non-hydrogen) atoms. The van der Waals surface area contributed by atoms with E-state index in [-0.39, 0.29) is 17.7 Å². The number of Topliss-reactive ketones (excluding diaryl/α,β-unsaturated/α-hetero) is 1. The average molecular weight is 575 g/mol. The van der Waals surface area contributed by atoms with Gasteiger partial charge < -0.3 is 0 Å². The van der Waals surface area contributed by atoms with E-state index in [0.29, 0.717) is 7.86 Å². The Morgan fingerprint density at radius 2 is 1.29 bits per heavy atom. The Morgan fingerprint density at radius 3 is 1.57 bits per heavy atom. The van der Waals surface area contributed by atoms with Crippen LogP contribution < -0.4 is 0 Å². The van der Waals surface area contributed by atoms with Crippen molar-refractivity contribution in [1.82, 2.24) is 0 Å². The normalized spacial score (nSPS) is 8.14. The number of rotatable bonds is 6. The predicted molar refractivity (Wildman–Crippen MR) is 38.2 cm³/mol. The van der Waals surface area contributed by atoms with Gasteiger partial charge in [0.15, 0.2) is 0 Å². The molecule has 0 aliphatic rings. The van der Waals surface area contributed by atoms with Crippen LogP contribution in [0.5, 0.6) is 0 Å². The van der Waals surface area contributed by atoms with Gasteiger partial charge in [-0.1, -0.05) is 0 Å². The molecule has 0 aromatic heterocycles. The number of carbonyl (C=O) groups excluding carboxylic acids is 3. The van der Waals surface area contributed by atoms with E-state index in [1.807, 2.05) is 0 Å². The SMILES string of the molecule is CC(=O)[O][Hg][CH2]C(=O)[CH2][Hg][O]C(C)=O. The number of hydrogen-bond acceptors (Lipinski definition) is 5. The summed E-state index contributed by atoms with van der Waals surface area (Å²) in [6, 6.07) is 0. The standard InChI is InChI=1S/C3H4O.2C2H4O2.2Hg/c1-3(2)4;2*1-2(3)4;;/h1-2H2;2*1H3,(H,3,4);;/q;;;2*+1/p-2. The van der Waals surface area contributed by atoms with Crippen molar-refractivity contribution in [2.24, 2.45) is 0 Å². The van der Waals surface area contributed by atoms with Crippen LogP contribution in [0.15, 0.2) is 0 Å². The van der Waals surface area contributed by atoms with Crippen LogP contribution in [-0.4, -0.2) is 17.7 Å². The van der Waals surface area contributed by atoms with Crippen LogP contribution in [0.3, 0.4) is 0 Å². The second-order valence-electron chi connectivity index (χ2n) is 2.72. The molecule has 0 amide bonds. The molecule has 0 N–H and O–H groups in total. The molecule has 0 atom stereocenters. The van der Waals surface area contributed by atoms with E-state index in [0.717, 1.165) is 0 Å². The van der Waals surface area contributed by atoms with Crippen molar-refractivity contribution in [3.63, 3.8) is 0 Å². The summed E-state index contributed by atoms with van der Waals surface area (Å²) in [5.41, 5.74) is 0. The van der Waals surface area contributed by atoms with Crippen molar-refractivity contribution in [2.45, 2.75) is 21.7 Å². The summed E-state index contributed by atoms with van der Waals surface area (Å²) in [7, 11) is 0. The molecule has 0 spiro atoms. The number of carbonyl (C=O) groups is 3. The Bertz CT molecular complexity index is 206. The maximum atomic E-state index is 11.1. The average Bonchev–Trinajstić information content (AvgIpc) is 2.02. The first-order valence-electron chi connectivity index (χ1n) is 4.31. The second kappa shape index (κ2) is 8.76. The van der Waals surface area contributed by atoms with Crippen molar-refractivity contribution < 1.29 is 69.7 Å². The molecule has 0 aromatic rings. The molecule has 0 aromatic carbocycles. The Labute approximate surface area is 108 Å². The van der Waals surface area contributed by atoms with Crippen LogP contribution >= 0.6 is 0 Å². The summed E-state index contributed by atoms with van der Waals surface area (Å²) in [6.45, 7) is 2.70. The molecule has 7 heteroatoms. The molecule has 0 rings (SSSR count). The van der Waals surface area contributed by atoms with Gasteiger partial charge in [0, 0.05) is 0 Å². The summed E-state index contributed by atoms with van der Waals surface area (Å²) in [4.78, 5) is 31.9. The van der Waals surface area contributed by atoms with Crippen LogP contribution in [0.25, 0.3) is 0 Å². The third kappa shape index (κ3) is 10.6. The van der Waals surface area contributed by atoms with Gasteiger partial charge in [0.2, 0.25) is 0 Å². The molecule has 72 valence electrons. The van der Waals surface area contributed by atoms with E-state index in [4.69, 9.17) is 5.29 Å². The molecule has 0 heterocycles. The van der Waals surface area contributed by atoms with Gasteiger partial charge in [-0.15, -0.1) is 0 Å². The summed E-state index contributed by atoms with van der Waals surface area (Å²) in [5, 5.41) is 0. The first-order chi connectivity index (χ1) is 6.52. The Hall–Kier alpha value is 0.480. The molecular formula is C7H10Hg2O5. The van der Waals surface area contributed by atoms with E-state index < -0.39 is 50.1 Å². The first-order valence-corrected chi connectivity index (χ1v) is 16.6. The van der Waals surface area contributed by atoms with Gasteiger partial charge >= 0.3 is 109 Å². The molecule has 0 unspecified atom stereocenters. The molecule has 0 aliphatic heterocycles. The third-order valence-corrected chi connectivity index (χ3v) is 12.0. The summed E-state index contributed by atoms with van der Waals surface area (Å²) in [6.07, 6.45) is 0. The van der Waals surface area contributed by atoms with E-state index in [1.165, 1.54) is 13.8 Å². The molecular weight excluding hydrogens is 565 g/mol. The molecule has 0 saturated heterocycles. The van der Waals surface area contributed by atoms with Crippen molar-refractivity contribution in [3.05, 3.63) is 0 Å². The van der Waals surface area contributed by atoms with E-state index in [2.05, 4.69) is 0 Å². The van der Waals surface area contributed by atoms with E-state index in [9.17, 15) is 14.4 Å². The topological polar surface area (TPSA) is 69.7 Å². The van der Waals surface area contributed by atoms with Gasteiger partial charge in [-0.25, -0.2) is 0 Å². The second-order valence-corrected chi connectivity index (χ2v) is 12.0. The quantitative estimate of drug-likeness (QED) is 0.433. The number of hydrogen-bond donors (Lipinski definition) is 0. The van der Waals surface area contributed by atoms with Gasteiger partial charge in [-0.05, 0) is 0 Å². The fourth-order valence-electron chi connectivity index (χ4n) is 0.742. The van der Waals surface area contributed by atoms with Crippen LogP contribution in [0.2, 0.25) is 7.86 Å². The fourth-order valence-corrected chi connectivity index (χ4v) is 15.0. The Morgan fingerprint density at radius 1 is 0.929 bits per heavy atom. The minimum absolute atomic E-state index is 0.107. The Kier molecular flexibility index (Phi) is 9.06. The monoisotopic (exact) mass is 578 g/mol. The minimum atomic E-state index is -1.73. The fraction of sp³-hybridized carbons (Fsp3) is 0.571. The molecule has 0 aliphatic carbocycles. The predicted octanol–water partition coefficient (Wildman–Crippen LogP) is 0.513. The van der Waals surface area contributed by atoms with Crippen LogP contribution in [0.4, 0.5) is 0 Å². The Balaban J connectivity index is 3.37. The zero-order valence-electron chi connectivity index (χ0n) is 8.37. The van der Waals surface area contributed by atoms with Crippen LogP contribution in [-0.2, 0) is 69.7 Å². The molecule has 5 nitrogen and oxygen atoms in total. The molecule has 0 radical (unpaired) electrons. The zero-order valence-corrected chi connectivity index (χ0v) is 19.4. The van der Waals surface area contributed by atoms with Crippen LogP contribution in [0, 0.1) is 0 Å². The van der Waals surface area contributed by atoms with E-state index in [1.54, 1.807) is 0 Å². The maximum absolute atomic E-state index is 11.1. The first kappa shape index (κ1) is 14.5. The third-order valence-electron chi connectivity index (χ3n) is 1.37.